The maximum Gasteiger partial charge on any atom is 0.255 e. The number of amides is 1. The quantitative estimate of drug-likeness (QED) is 0.774. The second-order valence-corrected chi connectivity index (χ2v) is 5.59. The summed E-state index contributed by atoms with van der Waals surface area (Å²) in [6.07, 6.45) is 2.46. The highest BCUT2D eigenvalue weighted by atomic mass is 32.1. The predicted molar refractivity (Wildman–Crippen MR) is 84.3 cm³/mol. The van der Waals surface area contributed by atoms with Gasteiger partial charge in [0.25, 0.3) is 5.91 Å². The van der Waals surface area contributed by atoms with Gasteiger partial charge in [-0.15, -0.1) is 11.3 Å². The van der Waals surface area contributed by atoms with Crippen molar-refractivity contribution in [2.75, 3.05) is 12.3 Å². The molecule has 0 saturated heterocycles. The molecule has 5 nitrogen and oxygen atoms in total. The molecule has 3 heterocycles. The first-order valence-corrected chi connectivity index (χ1v) is 7.44. The molecule has 0 bridgehead atoms. The molecular weight excluding hydrogens is 284 g/mol. The van der Waals surface area contributed by atoms with Crippen molar-refractivity contribution >= 4 is 34.1 Å². The first-order valence-electron chi connectivity index (χ1n) is 6.56. The van der Waals surface area contributed by atoms with Crippen LogP contribution in [0.2, 0.25) is 0 Å². The molecule has 3 aromatic heterocycles. The Bertz CT molecular complexity index is 770. The van der Waals surface area contributed by atoms with E-state index in [9.17, 15) is 4.79 Å². The number of aromatic nitrogens is 2. The van der Waals surface area contributed by atoms with Crippen LogP contribution in [0.5, 0.6) is 0 Å². The maximum atomic E-state index is 12.2. The lowest BCUT2D eigenvalue weighted by Gasteiger charge is -2.07. The maximum absolute atomic E-state index is 12.2. The Hall–Kier alpha value is -2.47. The minimum absolute atomic E-state index is 0.204. The van der Waals surface area contributed by atoms with Crippen molar-refractivity contribution in [2.45, 2.75) is 6.42 Å². The van der Waals surface area contributed by atoms with Gasteiger partial charge in [-0.25, -0.2) is 9.97 Å². The van der Waals surface area contributed by atoms with Gasteiger partial charge in [0.2, 0.25) is 0 Å². The Morgan fingerprint density at radius 3 is 3.05 bits per heavy atom. The standard InChI is InChI=1S/C15H14N4OS/c16-13-12(9-10-3-1-6-17-14(10)19-13)15(20)18-7-5-11-4-2-8-21-11/h1-4,6,8-9H,5,7H2,(H,18,20)(H2,16,17,19). The zero-order valence-corrected chi connectivity index (χ0v) is 12.1. The van der Waals surface area contributed by atoms with Crippen LogP contribution < -0.4 is 11.1 Å². The number of carbonyl (C=O) groups is 1. The summed E-state index contributed by atoms with van der Waals surface area (Å²) in [5.74, 6) is -0.00265. The normalized spacial score (nSPS) is 10.7. The van der Waals surface area contributed by atoms with Crippen molar-refractivity contribution in [3.05, 3.63) is 52.3 Å². The molecule has 3 rings (SSSR count). The number of nitrogens with zero attached hydrogens (tertiary/aromatic N) is 2. The number of hydrogen-bond donors (Lipinski definition) is 2. The summed E-state index contributed by atoms with van der Waals surface area (Å²) in [7, 11) is 0. The van der Waals surface area contributed by atoms with Crippen LogP contribution in [0.15, 0.2) is 41.9 Å². The molecule has 0 unspecified atom stereocenters. The van der Waals surface area contributed by atoms with Gasteiger partial charge in [-0.05, 0) is 36.1 Å². The van der Waals surface area contributed by atoms with E-state index in [2.05, 4.69) is 21.4 Å². The van der Waals surface area contributed by atoms with Gasteiger partial charge in [0.1, 0.15) is 5.82 Å². The first-order chi connectivity index (χ1) is 10.2. The average Bonchev–Trinajstić information content (AvgIpc) is 2.99. The molecule has 0 radical (unpaired) electrons. The summed E-state index contributed by atoms with van der Waals surface area (Å²) in [5, 5.41) is 5.69. The van der Waals surface area contributed by atoms with Crippen molar-refractivity contribution < 1.29 is 4.79 Å². The van der Waals surface area contributed by atoms with Crippen LogP contribution in [0.25, 0.3) is 11.0 Å². The van der Waals surface area contributed by atoms with Gasteiger partial charge in [-0.2, -0.15) is 0 Å². The molecule has 0 spiro atoms. The van der Waals surface area contributed by atoms with E-state index in [-0.39, 0.29) is 11.7 Å². The number of pyridine rings is 2. The molecule has 0 aromatic carbocycles. The fourth-order valence-corrected chi connectivity index (χ4v) is 2.76. The Morgan fingerprint density at radius 1 is 1.33 bits per heavy atom. The van der Waals surface area contributed by atoms with E-state index in [1.165, 1.54) is 4.88 Å². The van der Waals surface area contributed by atoms with Crippen LogP contribution in [0, 0.1) is 0 Å². The first kappa shape index (κ1) is 13.5. The Kier molecular flexibility index (Phi) is 3.79. The topological polar surface area (TPSA) is 80.9 Å². The van der Waals surface area contributed by atoms with E-state index >= 15 is 0 Å². The van der Waals surface area contributed by atoms with Gasteiger partial charge in [0.15, 0.2) is 5.65 Å². The molecule has 0 atom stereocenters. The zero-order valence-electron chi connectivity index (χ0n) is 11.2. The van der Waals surface area contributed by atoms with Crippen LogP contribution in [0.3, 0.4) is 0 Å². The predicted octanol–water partition coefficient (Wildman–Crippen LogP) is 2.25. The van der Waals surface area contributed by atoms with Crippen LogP contribution in [-0.2, 0) is 6.42 Å². The van der Waals surface area contributed by atoms with Gasteiger partial charge in [-0.3, -0.25) is 4.79 Å². The molecule has 1 amide bonds. The second kappa shape index (κ2) is 5.88. The van der Waals surface area contributed by atoms with E-state index in [0.717, 1.165) is 11.8 Å². The molecule has 106 valence electrons. The minimum Gasteiger partial charge on any atom is -0.383 e. The summed E-state index contributed by atoms with van der Waals surface area (Å²) < 4.78 is 0. The minimum atomic E-state index is -0.206. The number of nitrogen functional groups attached to an aromatic ring is 1. The van der Waals surface area contributed by atoms with Gasteiger partial charge < -0.3 is 11.1 Å². The molecule has 0 fully saturated rings. The van der Waals surface area contributed by atoms with Crippen molar-refractivity contribution in [2.24, 2.45) is 0 Å². The number of anilines is 1. The molecule has 6 heteroatoms. The van der Waals surface area contributed by atoms with Gasteiger partial charge in [-0.1, -0.05) is 6.07 Å². The van der Waals surface area contributed by atoms with Crippen LogP contribution in [0.4, 0.5) is 5.82 Å². The monoisotopic (exact) mass is 298 g/mol. The van der Waals surface area contributed by atoms with Crippen molar-refractivity contribution in [1.29, 1.82) is 0 Å². The van der Waals surface area contributed by atoms with Crippen LogP contribution in [0.1, 0.15) is 15.2 Å². The lowest BCUT2D eigenvalue weighted by molar-refractivity contribution is 0.0955. The average molecular weight is 298 g/mol. The van der Waals surface area contributed by atoms with Crippen molar-refractivity contribution in [3.63, 3.8) is 0 Å². The summed E-state index contributed by atoms with van der Waals surface area (Å²) >= 11 is 1.68. The Balaban J connectivity index is 1.73. The highest BCUT2D eigenvalue weighted by Crippen LogP contribution is 2.16. The number of rotatable bonds is 4. The van der Waals surface area contributed by atoms with E-state index in [1.807, 2.05) is 17.5 Å². The molecule has 3 N–H and O–H groups in total. The lowest BCUT2D eigenvalue weighted by atomic mass is 10.2. The summed E-state index contributed by atoms with van der Waals surface area (Å²) in [6, 6.07) is 9.44. The lowest BCUT2D eigenvalue weighted by Crippen LogP contribution is -2.26. The molecule has 0 saturated carbocycles. The largest absolute Gasteiger partial charge is 0.383 e. The third kappa shape index (κ3) is 3.00. The SMILES string of the molecule is Nc1nc2ncccc2cc1C(=O)NCCc1cccs1. The van der Waals surface area contributed by atoms with Crippen LogP contribution >= 0.6 is 11.3 Å². The number of thiophene rings is 1. The smallest absolute Gasteiger partial charge is 0.255 e. The highest BCUT2D eigenvalue weighted by Gasteiger charge is 2.12. The van der Waals surface area contributed by atoms with Crippen molar-refractivity contribution in [1.82, 2.24) is 15.3 Å². The van der Waals surface area contributed by atoms with Gasteiger partial charge in [0.05, 0.1) is 5.56 Å². The molecular formula is C15H14N4OS. The zero-order chi connectivity index (χ0) is 14.7. The number of hydrogen-bond acceptors (Lipinski definition) is 5. The summed E-state index contributed by atoms with van der Waals surface area (Å²) in [6.45, 7) is 0.573. The number of nitrogens with two attached hydrogens (primary N) is 1. The van der Waals surface area contributed by atoms with E-state index < -0.39 is 0 Å². The molecule has 3 aromatic rings. The van der Waals surface area contributed by atoms with E-state index in [0.29, 0.717) is 17.8 Å². The van der Waals surface area contributed by atoms with Crippen LogP contribution in [-0.4, -0.2) is 22.4 Å². The Labute approximate surface area is 125 Å². The molecule has 0 aliphatic heterocycles. The van der Waals surface area contributed by atoms with E-state index in [4.69, 9.17) is 5.73 Å². The summed E-state index contributed by atoms with van der Waals surface area (Å²) in [4.78, 5) is 21.7. The summed E-state index contributed by atoms with van der Waals surface area (Å²) in [5.41, 5.74) is 6.78. The number of carbonyl (C=O) groups excluding carboxylic acids is 1. The molecule has 0 aliphatic carbocycles. The van der Waals surface area contributed by atoms with E-state index in [1.54, 1.807) is 29.7 Å². The number of fused-ring (bicyclic) bond motifs is 1. The second-order valence-electron chi connectivity index (χ2n) is 4.56. The molecule has 21 heavy (non-hydrogen) atoms. The number of nitrogens with one attached hydrogen (secondary N) is 1. The third-order valence-electron chi connectivity index (χ3n) is 3.10. The van der Waals surface area contributed by atoms with Gasteiger partial charge >= 0.3 is 0 Å². The third-order valence-corrected chi connectivity index (χ3v) is 4.04. The molecule has 0 aliphatic rings. The van der Waals surface area contributed by atoms with Gasteiger partial charge in [0, 0.05) is 23.0 Å². The fraction of sp³-hybridized carbons (Fsp3) is 0.133. The Morgan fingerprint density at radius 2 is 2.24 bits per heavy atom. The fourth-order valence-electron chi connectivity index (χ4n) is 2.05. The van der Waals surface area contributed by atoms with Crippen molar-refractivity contribution in [3.8, 4) is 0 Å². The highest BCUT2D eigenvalue weighted by molar-refractivity contribution is 7.09.